The molecule has 2 unspecified atom stereocenters. The van der Waals surface area contributed by atoms with Crippen molar-refractivity contribution in [2.45, 2.75) is 25.1 Å². The molecule has 4 heterocycles. The van der Waals surface area contributed by atoms with Crippen LogP contribution in [-0.4, -0.2) is 36.1 Å². The minimum absolute atomic E-state index is 0.133. The summed E-state index contributed by atoms with van der Waals surface area (Å²) in [5.41, 5.74) is 1.82. The third kappa shape index (κ3) is 3.90. The standard InChI is InChI=1S/C23H16F3N5O3/c24-14-6-7-16(28-10-14)18(19(32)17-3-1-2-8-27-17)31-11-13-5-4-12(9-15(13)23(31)33)21-29-30-22(34-21)20(25)26/h1-10,18-20,32H,11H2. The van der Waals surface area contributed by atoms with E-state index in [2.05, 4.69) is 20.2 Å². The van der Waals surface area contributed by atoms with E-state index in [9.17, 15) is 23.1 Å². The van der Waals surface area contributed by atoms with Gasteiger partial charge in [-0.05, 0) is 42.0 Å². The highest BCUT2D eigenvalue weighted by atomic mass is 19.3. The lowest BCUT2D eigenvalue weighted by atomic mass is 10.0. The summed E-state index contributed by atoms with van der Waals surface area (Å²) in [4.78, 5) is 23.1. The number of fused-ring (bicyclic) bond motifs is 1. The third-order valence-electron chi connectivity index (χ3n) is 5.50. The van der Waals surface area contributed by atoms with Crippen LogP contribution in [0.4, 0.5) is 13.2 Å². The molecule has 8 nitrogen and oxygen atoms in total. The van der Waals surface area contributed by atoms with Gasteiger partial charge in [-0.25, -0.2) is 4.39 Å². The summed E-state index contributed by atoms with van der Waals surface area (Å²) in [7, 11) is 0. The molecule has 34 heavy (non-hydrogen) atoms. The van der Waals surface area contributed by atoms with Gasteiger partial charge >= 0.3 is 6.43 Å². The Morgan fingerprint density at radius 1 is 1.03 bits per heavy atom. The number of hydrogen-bond acceptors (Lipinski definition) is 7. The number of carbonyl (C=O) groups excluding carboxylic acids is 1. The molecule has 0 saturated heterocycles. The number of aromatic nitrogens is 4. The zero-order valence-electron chi connectivity index (χ0n) is 17.3. The SMILES string of the molecule is O=C1c2cc(-c3nnc(C(F)F)o3)ccc2CN1C(c1ccc(F)cn1)C(O)c1ccccn1. The summed E-state index contributed by atoms with van der Waals surface area (Å²) in [5.74, 6) is -1.95. The molecule has 1 aliphatic heterocycles. The van der Waals surface area contributed by atoms with Crippen LogP contribution in [0.1, 0.15) is 51.8 Å². The van der Waals surface area contributed by atoms with Gasteiger partial charge in [0.25, 0.3) is 11.8 Å². The van der Waals surface area contributed by atoms with Gasteiger partial charge in [0.1, 0.15) is 18.0 Å². The number of rotatable bonds is 6. The molecule has 0 fully saturated rings. The molecule has 172 valence electrons. The molecular weight excluding hydrogens is 451 g/mol. The van der Waals surface area contributed by atoms with E-state index in [1.165, 1.54) is 29.3 Å². The quantitative estimate of drug-likeness (QED) is 0.456. The van der Waals surface area contributed by atoms with E-state index in [0.717, 1.165) is 6.20 Å². The summed E-state index contributed by atoms with van der Waals surface area (Å²) < 4.78 is 44.1. The first-order valence-electron chi connectivity index (χ1n) is 10.2. The van der Waals surface area contributed by atoms with Crippen molar-refractivity contribution in [1.29, 1.82) is 0 Å². The van der Waals surface area contributed by atoms with E-state index >= 15 is 0 Å². The maximum atomic E-state index is 13.5. The topological polar surface area (TPSA) is 105 Å². The molecule has 3 aromatic heterocycles. The predicted octanol–water partition coefficient (Wildman–Crippen LogP) is 4.03. The van der Waals surface area contributed by atoms with Gasteiger partial charge in [-0.1, -0.05) is 12.1 Å². The number of pyridine rings is 2. The van der Waals surface area contributed by atoms with Crippen molar-refractivity contribution in [3.8, 4) is 11.5 Å². The fourth-order valence-corrected chi connectivity index (χ4v) is 3.89. The zero-order valence-corrected chi connectivity index (χ0v) is 17.3. The van der Waals surface area contributed by atoms with Gasteiger partial charge in [-0.2, -0.15) is 8.78 Å². The maximum Gasteiger partial charge on any atom is 0.314 e. The Kier molecular flexibility index (Phi) is 5.54. The average Bonchev–Trinajstić information content (AvgIpc) is 3.47. The van der Waals surface area contributed by atoms with Gasteiger partial charge in [0.15, 0.2) is 0 Å². The number of benzene rings is 1. The first-order chi connectivity index (χ1) is 16.4. The van der Waals surface area contributed by atoms with Crippen LogP contribution < -0.4 is 0 Å². The number of carbonyl (C=O) groups is 1. The lowest BCUT2D eigenvalue weighted by Crippen LogP contribution is -2.34. The average molecular weight is 467 g/mol. The van der Waals surface area contributed by atoms with Crippen molar-refractivity contribution >= 4 is 5.91 Å². The smallest absolute Gasteiger partial charge is 0.314 e. The molecule has 0 radical (unpaired) electrons. The molecule has 1 aromatic carbocycles. The lowest BCUT2D eigenvalue weighted by molar-refractivity contribution is 0.0332. The number of aliphatic hydroxyl groups excluding tert-OH is 1. The summed E-state index contributed by atoms with van der Waals surface area (Å²) in [5, 5.41) is 18.1. The van der Waals surface area contributed by atoms with Gasteiger partial charge < -0.3 is 14.4 Å². The van der Waals surface area contributed by atoms with Gasteiger partial charge in [0.2, 0.25) is 5.89 Å². The second-order valence-corrected chi connectivity index (χ2v) is 7.60. The Morgan fingerprint density at radius 2 is 1.88 bits per heavy atom. The number of hydrogen-bond donors (Lipinski definition) is 1. The minimum Gasteiger partial charge on any atom is -0.415 e. The van der Waals surface area contributed by atoms with E-state index < -0.39 is 36.2 Å². The normalized spacial score (nSPS) is 15.0. The fourth-order valence-electron chi connectivity index (χ4n) is 3.89. The second-order valence-electron chi connectivity index (χ2n) is 7.60. The Morgan fingerprint density at radius 3 is 2.56 bits per heavy atom. The summed E-state index contributed by atoms with van der Waals surface area (Å²) in [6.07, 6.45) is -1.64. The van der Waals surface area contributed by atoms with E-state index in [1.54, 1.807) is 30.3 Å². The fraction of sp³-hybridized carbons (Fsp3) is 0.174. The number of nitrogens with zero attached hydrogens (tertiary/aromatic N) is 5. The number of alkyl halides is 2. The third-order valence-corrected chi connectivity index (χ3v) is 5.50. The Bertz CT molecular complexity index is 1330. The number of halogens is 3. The molecular formula is C23H16F3N5O3. The van der Waals surface area contributed by atoms with E-state index in [0.29, 0.717) is 16.8 Å². The second kappa shape index (κ2) is 8.67. The molecule has 11 heteroatoms. The van der Waals surface area contributed by atoms with E-state index in [4.69, 9.17) is 4.42 Å². The van der Waals surface area contributed by atoms with Crippen LogP contribution in [0.25, 0.3) is 11.5 Å². The maximum absolute atomic E-state index is 13.5. The summed E-state index contributed by atoms with van der Waals surface area (Å²) in [6, 6.07) is 11.3. The summed E-state index contributed by atoms with van der Waals surface area (Å²) in [6.45, 7) is 0.133. The Hall–Kier alpha value is -4.12. The van der Waals surface area contributed by atoms with Gasteiger partial charge in [0.05, 0.1) is 17.6 Å². The molecule has 1 amide bonds. The van der Waals surface area contributed by atoms with Crippen LogP contribution >= 0.6 is 0 Å². The monoisotopic (exact) mass is 467 g/mol. The van der Waals surface area contributed by atoms with Crippen molar-refractivity contribution in [2.75, 3.05) is 0 Å². The van der Waals surface area contributed by atoms with E-state index in [1.807, 2.05) is 0 Å². The van der Waals surface area contributed by atoms with Crippen LogP contribution in [0, 0.1) is 5.82 Å². The first-order valence-corrected chi connectivity index (χ1v) is 10.2. The molecule has 0 bridgehead atoms. The van der Waals surface area contributed by atoms with Crippen molar-refractivity contribution in [1.82, 2.24) is 25.1 Å². The molecule has 1 N–H and O–H groups in total. The molecule has 1 aliphatic rings. The van der Waals surface area contributed by atoms with E-state index in [-0.39, 0.29) is 23.7 Å². The highest BCUT2D eigenvalue weighted by Gasteiger charge is 2.39. The van der Waals surface area contributed by atoms with Crippen molar-refractivity contribution in [2.24, 2.45) is 0 Å². The van der Waals surface area contributed by atoms with Crippen LogP contribution in [-0.2, 0) is 6.54 Å². The summed E-state index contributed by atoms with van der Waals surface area (Å²) >= 11 is 0. The van der Waals surface area contributed by atoms with Crippen LogP contribution in [0.5, 0.6) is 0 Å². The van der Waals surface area contributed by atoms with Crippen molar-refractivity contribution in [3.05, 3.63) is 95.1 Å². The van der Waals surface area contributed by atoms with Gasteiger partial charge in [-0.3, -0.25) is 14.8 Å². The number of aliphatic hydroxyl groups is 1. The highest BCUT2D eigenvalue weighted by molar-refractivity contribution is 5.99. The Labute approximate surface area is 190 Å². The molecule has 0 spiro atoms. The number of amides is 1. The molecule has 5 rings (SSSR count). The van der Waals surface area contributed by atoms with Gasteiger partial charge in [0, 0.05) is 23.9 Å². The lowest BCUT2D eigenvalue weighted by Gasteiger charge is -2.31. The van der Waals surface area contributed by atoms with Gasteiger partial charge in [-0.15, -0.1) is 10.2 Å². The van der Waals surface area contributed by atoms with Crippen molar-refractivity contribution in [3.63, 3.8) is 0 Å². The largest absolute Gasteiger partial charge is 0.415 e. The molecule has 4 aromatic rings. The van der Waals surface area contributed by atoms with Crippen LogP contribution in [0.15, 0.2) is 65.3 Å². The first kappa shape index (κ1) is 21.7. The minimum atomic E-state index is -2.91. The van der Waals surface area contributed by atoms with Crippen molar-refractivity contribution < 1.29 is 27.5 Å². The molecule has 0 aliphatic carbocycles. The molecule has 0 saturated carbocycles. The van der Waals surface area contributed by atoms with Crippen LogP contribution in [0.3, 0.4) is 0 Å². The van der Waals surface area contributed by atoms with Crippen LogP contribution in [0.2, 0.25) is 0 Å². The highest BCUT2D eigenvalue weighted by Crippen LogP contribution is 2.39. The predicted molar refractivity (Wildman–Crippen MR) is 111 cm³/mol. The Balaban J connectivity index is 1.51. The zero-order chi connectivity index (χ0) is 23.8. The molecule has 2 atom stereocenters.